The number of halogens is 1. The summed E-state index contributed by atoms with van der Waals surface area (Å²) < 4.78 is 5.26. The lowest BCUT2D eigenvalue weighted by Crippen LogP contribution is -2.26. The van der Waals surface area contributed by atoms with Gasteiger partial charge in [0, 0.05) is 30.0 Å². The summed E-state index contributed by atoms with van der Waals surface area (Å²) in [6.07, 6.45) is 0.871. The van der Waals surface area contributed by atoms with E-state index < -0.39 is 0 Å². The van der Waals surface area contributed by atoms with E-state index in [1.165, 1.54) is 0 Å². The number of fused-ring (bicyclic) bond motifs is 1. The molecular formula is C20H19ClN2O4. The predicted octanol–water partition coefficient (Wildman–Crippen LogP) is 2.99. The number of rotatable bonds is 7. The van der Waals surface area contributed by atoms with Gasteiger partial charge in [0.15, 0.2) is 12.4 Å². The van der Waals surface area contributed by atoms with E-state index >= 15 is 0 Å². The molecule has 0 bridgehead atoms. The van der Waals surface area contributed by atoms with Crippen LogP contribution in [0.4, 0.5) is 5.69 Å². The number of anilines is 1. The molecule has 0 unspecified atom stereocenters. The van der Waals surface area contributed by atoms with Crippen molar-refractivity contribution in [1.82, 2.24) is 5.32 Å². The molecular weight excluding hydrogens is 368 g/mol. The maximum Gasteiger partial charge on any atom is 0.262 e. The number of hydrogen-bond donors (Lipinski definition) is 2. The molecule has 2 N–H and O–H groups in total. The topological polar surface area (TPSA) is 84.5 Å². The van der Waals surface area contributed by atoms with Gasteiger partial charge in [-0.05, 0) is 42.3 Å². The number of Topliss-reactive ketones (excluding diaryl/α,β-unsaturated/α-hetero) is 1. The molecule has 3 rings (SSSR count). The van der Waals surface area contributed by atoms with E-state index in [0.29, 0.717) is 35.0 Å². The van der Waals surface area contributed by atoms with Gasteiger partial charge in [-0.2, -0.15) is 0 Å². The van der Waals surface area contributed by atoms with Crippen molar-refractivity contribution < 1.29 is 19.1 Å². The van der Waals surface area contributed by atoms with Crippen molar-refractivity contribution in [3.63, 3.8) is 0 Å². The number of benzene rings is 2. The molecule has 2 aromatic rings. The van der Waals surface area contributed by atoms with E-state index in [-0.39, 0.29) is 37.0 Å². The van der Waals surface area contributed by atoms with Crippen LogP contribution in [-0.4, -0.2) is 30.7 Å². The van der Waals surface area contributed by atoms with Gasteiger partial charge >= 0.3 is 0 Å². The molecule has 1 aliphatic rings. The Morgan fingerprint density at radius 2 is 2.00 bits per heavy atom. The van der Waals surface area contributed by atoms with Gasteiger partial charge in [0.1, 0.15) is 5.75 Å². The van der Waals surface area contributed by atoms with Gasteiger partial charge < -0.3 is 15.4 Å². The van der Waals surface area contributed by atoms with Crippen molar-refractivity contribution in [3.05, 3.63) is 58.6 Å². The summed E-state index contributed by atoms with van der Waals surface area (Å²) in [5.74, 6) is -0.0707. The molecule has 0 saturated heterocycles. The average molecular weight is 387 g/mol. The highest BCUT2D eigenvalue weighted by molar-refractivity contribution is 6.30. The van der Waals surface area contributed by atoms with Crippen LogP contribution in [-0.2, 0) is 16.0 Å². The summed E-state index contributed by atoms with van der Waals surface area (Å²) >= 11 is 5.93. The van der Waals surface area contributed by atoms with E-state index in [1.54, 1.807) is 24.3 Å². The SMILES string of the molecule is O=C(CCC(=O)c1ccc2c(c1)NC(=O)CO2)NCCc1cccc(Cl)c1. The highest BCUT2D eigenvalue weighted by Crippen LogP contribution is 2.28. The van der Waals surface area contributed by atoms with Crippen LogP contribution < -0.4 is 15.4 Å². The molecule has 0 saturated carbocycles. The van der Waals surface area contributed by atoms with E-state index in [2.05, 4.69) is 10.6 Å². The minimum absolute atomic E-state index is 0.0321. The Kier molecular flexibility index (Phi) is 6.08. The first-order valence-corrected chi connectivity index (χ1v) is 9.00. The highest BCUT2D eigenvalue weighted by atomic mass is 35.5. The molecule has 1 aliphatic heterocycles. The maximum atomic E-state index is 12.3. The summed E-state index contributed by atoms with van der Waals surface area (Å²) in [6, 6.07) is 12.3. The van der Waals surface area contributed by atoms with Gasteiger partial charge in [-0.15, -0.1) is 0 Å². The lowest BCUT2D eigenvalue weighted by Gasteiger charge is -2.18. The van der Waals surface area contributed by atoms with Crippen molar-refractivity contribution in [2.75, 3.05) is 18.5 Å². The quantitative estimate of drug-likeness (QED) is 0.716. The predicted molar refractivity (Wildman–Crippen MR) is 102 cm³/mol. The van der Waals surface area contributed by atoms with E-state index in [1.807, 2.05) is 18.2 Å². The number of amides is 2. The van der Waals surface area contributed by atoms with E-state index in [4.69, 9.17) is 16.3 Å². The second-order valence-corrected chi connectivity index (χ2v) is 6.64. The zero-order valence-corrected chi connectivity index (χ0v) is 15.3. The number of carbonyl (C=O) groups is 3. The van der Waals surface area contributed by atoms with Crippen LogP contribution in [0.5, 0.6) is 5.75 Å². The highest BCUT2D eigenvalue weighted by Gasteiger charge is 2.18. The molecule has 6 nitrogen and oxygen atoms in total. The number of hydrogen-bond acceptors (Lipinski definition) is 4. The van der Waals surface area contributed by atoms with Crippen molar-refractivity contribution >= 4 is 34.9 Å². The first kappa shape index (κ1) is 18.9. The molecule has 0 aliphatic carbocycles. The van der Waals surface area contributed by atoms with Crippen LogP contribution in [0.1, 0.15) is 28.8 Å². The van der Waals surface area contributed by atoms with Gasteiger partial charge in [-0.1, -0.05) is 23.7 Å². The molecule has 2 amide bonds. The van der Waals surface area contributed by atoms with Crippen LogP contribution in [0.25, 0.3) is 0 Å². The number of ketones is 1. The fourth-order valence-corrected chi connectivity index (χ4v) is 2.97. The Morgan fingerprint density at radius 1 is 1.15 bits per heavy atom. The molecule has 140 valence electrons. The van der Waals surface area contributed by atoms with Crippen molar-refractivity contribution in [1.29, 1.82) is 0 Å². The second-order valence-electron chi connectivity index (χ2n) is 6.20. The molecule has 0 fully saturated rings. The first-order chi connectivity index (χ1) is 13.0. The van der Waals surface area contributed by atoms with E-state index in [0.717, 1.165) is 5.56 Å². The molecule has 0 spiro atoms. The smallest absolute Gasteiger partial charge is 0.262 e. The van der Waals surface area contributed by atoms with Gasteiger partial charge in [0.25, 0.3) is 5.91 Å². The van der Waals surface area contributed by atoms with E-state index in [9.17, 15) is 14.4 Å². The molecule has 2 aromatic carbocycles. The van der Waals surface area contributed by atoms with Gasteiger partial charge in [-0.25, -0.2) is 0 Å². The molecule has 0 radical (unpaired) electrons. The third-order valence-corrected chi connectivity index (χ3v) is 4.37. The Hall–Kier alpha value is -2.86. The molecule has 27 heavy (non-hydrogen) atoms. The number of ether oxygens (including phenoxy) is 1. The van der Waals surface area contributed by atoms with Crippen molar-refractivity contribution in [2.24, 2.45) is 0 Å². The van der Waals surface area contributed by atoms with Crippen LogP contribution in [0.3, 0.4) is 0 Å². The summed E-state index contributed by atoms with van der Waals surface area (Å²) in [5.41, 5.74) is 1.95. The van der Waals surface area contributed by atoms with Crippen LogP contribution in [0.15, 0.2) is 42.5 Å². The molecule has 7 heteroatoms. The first-order valence-electron chi connectivity index (χ1n) is 8.62. The maximum absolute atomic E-state index is 12.3. The standard InChI is InChI=1S/C20H19ClN2O4/c21-15-3-1-2-13(10-15)8-9-22-19(25)7-5-17(24)14-4-6-18-16(11-14)23-20(26)12-27-18/h1-4,6,10-11H,5,7-9,12H2,(H,22,25)(H,23,26). The third kappa shape index (κ3) is 5.31. The lowest BCUT2D eigenvalue weighted by atomic mass is 10.0. The normalized spacial score (nSPS) is 12.6. The van der Waals surface area contributed by atoms with Crippen molar-refractivity contribution in [2.45, 2.75) is 19.3 Å². The minimum Gasteiger partial charge on any atom is -0.482 e. The second kappa shape index (κ2) is 8.68. The van der Waals surface area contributed by atoms with Gasteiger partial charge in [0.05, 0.1) is 5.69 Å². The van der Waals surface area contributed by atoms with Crippen molar-refractivity contribution in [3.8, 4) is 5.75 Å². The lowest BCUT2D eigenvalue weighted by molar-refractivity contribution is -0.121. The Labute approximate surface area is 161 Å². The Bertz CT molecular complexity index is 882. The van der Waals surface area contributed by atoms with Gasteiger partial charge in [-0.3, -0.25) is 14.4 Å². The zero-order valence-electron chi connectivity index (χ0n) is 14.6. The van der Waals surface area contributed by atoms with Crippen LogP contribution in [0.2, 0.25) is 5.02 Å². The molecule has 1 heterocycles. The largest absolute Gasteiger partial charge is 0.482 e. The summed E-state index contributed by atoms with van der Waals surface area (Å²) in [7, 11) is 0. The van der Waals surface area contributed by atoms with Gasteiger partial charge in [0.2, 0.25) is 5.91 Å². The van der Waals surface area contributed by atoms with Crippen LogP contribution in [0, 0.1) is 0 Å². The number of carbonyl (C=O) groups excluding carboxylic acids is 3. The van der Waals surface area contributed by atoms with Crippen LogP contribution >= 0.6 is 11.6 Å². The Balaban J connectivity index is 1.45. The number of nitrogens with one attached hydrogen (secondary N) is 2. The molecule has 0 atom stereocenters. The fraction of sp³-hybridized carbons (Fsp3) is 0.250. The summed E-state index contributed by atoms with van der Waals surface area (Å²) in [5, 5.41) is 6.13. The average Bonchev–Trinajstić information content (AvgIpc) is 2.65. The summed E-state index contributed by atoms with van der Waals surface area (Å²) in [6.45, 7) is 0.450. The molecule has 0 aromatic heterocycles. The third-order valence-electron chi connectivity index (χ3n) is 4.14. The zero-order chi connectivity index (χ0) is 19.2. The Morgan fingerprint density at radius 3 is 2.81 bits per heavy atom. The minimum atomic E-state index is -0.258. The summed E-state index contributed by atoms with van der Waals surface area (Å²) in [4.78, 5) is 35.6. The monoisotopic (exact) mass is 386 g/mol. The fourth-order valence-electron chi connectivity index (χ4n) is 2.76.